The second kappa shape index (κ2) is 7.42. The van der Waals surface area contributed by atoms with Gasteiger partial charge in [-0.3, -0.25) is 4.90 Å². The molecule has 1 aromatic carbocycles. The van der Waals surface area contributed by atoms with Crippen molar-refractivity contribution in [3.63, 3.8) is 0 Å². The molecule has 2 heteroatoms. The number of piperidine rings is 1. The molecule has 1 aliphatic rings. The fourth-order valence-electron chi connectivity index (χ4n) is 2.95. The van der Waals surface area contributed by atoms with Crippen molar-refractivity contribution >= 4 is 0 Å². The van der Waals surface area contributed by atoms with Crippen LogP contribution in [0.3, 0.4) is 0 Å². The van der Waals surface area contributed by atoms with Crippen LogP contribution in [-0.4, -0.2) is 24.0 Å². The van der Waals surface area contributed by atoms with E-state index in [1.54, 1.807) is 0 Å². The van der Waals surface area contributed by atoms with Crippen molar-refractivity contribution in [2.24, 2.45) is 5.41 Å². The van der Waals surface area contributed by atoms with Gasteiger partial charge >= 0.3 is 0 Å². The van der Waals surface area contributed by atoms with Crippen LogP contribution in [-0.2, 0) is 13.1 Å². The zero-order chi connectivity index (χ0) is 15.3. The molecule has 0 bridgehead atoms. The van der Waals surface area contributed by atoms with Crippen LogP contribution in [0.15, 0.2) is 24.3 Å². The zero-order valence-electron chi connectivity index (χ0n) is 14.3. The van der Waals surface area contributed by atoms with Gasteiger partial charge in [-0.15, -0.1) is 0 Å². The molecule has 1 heterocycles. The van der Waals surface area contributed by atoms with Gasteiger partial charge in [-0.25, -0.2) is 0 Å². The maximum Gasteiger partial charge on any atom is 0.0233 e. The summed E-state index contributed by atoms with van der Waals surface area (Å²) in [6, 6.07) is 9.68. The van der Waals surface area contributed by atoms with E-state index >= 15 is 0 Å². The lowest BCUT2D eigenvalue weighted by molar-refractivity contribution is 0.109. The molecule has 1 N–H and O–H groups in total. The standard InChI is InChI=1S/C19H32N2/c1-5-19(4)10-12-21(13-11-19)15-18-8-6-17(7-9-18)14-20-16(2)3/h6-9,16,20H,5,10-15H2,1-4H3. The Morgan fingerprint density at radius 1 is 1.10 bits per heavy atom. The Labute approximate surface area is 130 Å². The van der Waals surface area contributed by atoms with E-state index in [0.29, 0.717) is 11.5 Å². The molecule has 0 aromatic heterocycles. The minimum Gasteiger partial charge on any atom is -0.310 e. The molecule has 118 valence electrons. The number of rotatable bonds is 6. The van der Waals surface area contributed by atoms with Crippen LogP contribution in [0.2, 0.25) is 0 Å². The summed E-state index contributed by atoms with van der Waals surface area (Å²) in [5.74, 6) is 0. The van der Waals surface area contributed by atoms with Crippen LogP contribution in [0.25, 0.3) is 0 Å². The second-order valence-electron chi connectivity index (χ2n) is 7.29. The van der Waals surface area contributed by atoms with Gasteiger partial charge in [0.05, 0.1) is 0 Å². The number of nitrogens with zero attached hydrogens (tertiary/aromatic N) is 1. The minimum absolute atomic E-state index is 0.547. The molecule has 0 unspecified atom stereocenters. The molecule has 0 atom stereocenters. The lowest BCUT2D eigenvalue weighted by Gasteiger charge is -2.39. The lowest BCUT2D eigenvalue weighted by Crippen LogP contribution is -2.37. The fourth-order valence-corrected chi connectivity index (χ4v) is 2.95. The van der Waals surface area contributed by atoms with Gasteiger partial charge < -0.3 is 5.32 Å². The molecule has 1 aliphatic heterocycles. The highest BCUT2D eigenvalue weighted by atomic mass is 15.1. The van der Waals surface area contributed by atoms with Crippen LogP contribution in [0.5, 0.6) is 0 Å². The summed E-state index contributed by atoms with van der Waals surface area (Å²) in [6.45, 7) is 13.7. The number of hydrogen-bond acceptors (Lipinski definition) is 2. The maximum atomic E-state index is 3.47. The predicted octanol–water partition coefficient (Wildman–Crippen LogP) is 4.20. The van der Waals surface area contributed by atoms with E-state index in [1.807, 2.05) is 0 Å². The highest BCUT2D eigenvalue weighted by Gasteiger charge is 2.27. The van der Waals surface area contributed by atoms with Gasteiger partial charge in [0, 0.05) is 19.1 Å². The number of hydrogen-bond donors (Lipinski definition) is 1. The summed E-state index contributed by atoms with van der Waals surface area (Å²) in [5.41, 5.74) is 3.41. The molecular weight excluding hydrogens is 256 g/mol. The minimum atomic E-state index is 0.547. The summed E-state index contributed by atoms with van der Waals surface area (Å²) < 4.78 is 0. The van der Waals surface area contributed by atoms with Crippen molar-refractivity contribution in [1.29, 1.82) is 0 Å². The highest BCUT2D eigenvalue weighted by molar-refractivity contribution is 5.22. The summed E-state index contributed by atoms with van der Waals surface area (Å²) in [7, 11) is 0. The Kier molecular flexibility index (Phi) is 5.83. The Balaban J connectivity index is 1.81. The Morgan fingerprint density at radius 3 is 2.19 bits per heavy atom. The molecule has 1 aromatic rings. The zero-order valence-corrected chi connectivity index (χ0v) is 14.3. The van der Waals surface area contributed by atoms with E-state index in [4.69, 9.17) is 0 Å². The van der Waals surface area contributed by atoms with Gasteiger partial charge in [0.2, 0.25) is 0 Å². The molecule has 2 nitrogen and oxygen atoms in total. The molecule has 0 radical (unpaired) electrons. The van der Waals surface area contributed by atoms with Crippen molar-refractivity contribution < 1.29 is 0 Å². The number of benzene rings is 1. The third-order valence-electron chi connectivity index (χ3n) is 5.06. The van der Waals surface area contributed by atoms with Gasteiger partial charge in [-0.05, 0) is 42.5 Å². The van der Waals surface area contributed by atoms with Crippen molar-refractivity contribution in [2.75, 3.05) is 13.1 Å². The first-order valence-electron chi connectivity index (χ1n) is 8.54. The summed E-state index contributed by atoms with van der Waals surface area (Å²) in [4.78, 5) is 2.61. The van der Waals surface area contributed by atoms with Crippen LogP contribution < -0.4 is 5.32 Å². The van der Waals surface area contributed by atoms with E-state index in [9.17, 15) is 0 Å². The lowest BCUT2D eigenvalue weighted by atomic mass is 9.78. The van der Waals surface area contributed by atoms with E-state index in [0.717, 1.165) is 13.1 Å². The van der Waals surface area contributed by atoms with Crippen LogP contribution in [0.1, 0.15) is 58.1 Å². The fraction of sp³-hybridized carbons (Fsp3) is 0.684. The molecular formula is C19H32N2. The SMILES string of the molecule is CCC1(C)CCN(Cc2ccc(CNC(C)C)cc2)CC1. The van der Waals surface area contributed by atoms with Crippen LogP contribution in [0, 0.1) is 5.41 Å². The molecule has 2 rings (SSSR count). The smallest absolute Gasteiger partial charge is 0.0233 e. The van der Waals surface area contributed by atoms with Crippen LogP contribution in [0.4, 0.5) is 0 Å². The van der Waals surface area contributed by atoms with E-state index in [2.05, 4.69) is 62.2 Å². The molecule has 0 amide bonds. The van der Waals surface area contributed by atoms with Crippen LogP contribution >= 0.6 is 0 Å². The third kappa shape index (κ3) is 5.12. The second-order valence-corrected chi connectivity index (χ2v) is 7.29. The number of likely N-dealkylation sites (tertiary alicyclic amines) is 1. The van der Waals surface area contributed by atoms with Crippen molar-refractivity contribution in [2.45, 2.75) is 66.1 Å². The summed E-state index contributed by atoms with van der Waals surface area (Å²) in [6.07, 6.45) is 4.01. The van der Waals surface area contributed by atoms with E-state index in [1.165, 1.54) is 43.5 Å². The molecule has 0 spiro atoms. The summed E-state index contributed by atoms with van der Waals surface area (Å²) >= 11 is 0. The Bertz CT molecular complexity index is 414. The Morgan fingerprint density at radius 2 is 1.67 bits per heavy atom. The predicted molar refractivity (Wildman–Crippen MR) is 91.3 cm³/mol. The molecule has 0 aliphatic carbocycles. The highest BCUT2D eigenvalue weighted by Crippen LogP contribution is 2.34. The van der Waals surface area contributed by atoms with Crippen molar-refractivity contribution in [3.8, 4) is 0 Å². The molecule has 1 fully saturated rings. The van der Waals surface area contributed by atoms with Gasteiger partial charge in [0.1, 0.15) is 0 Å². The first-order chi connectivity index (χ1) is 10.0. The average Bonchev–Trinajstić information content (AvgIpc) is 2.49. The first-order valence-corrected chi connectivity index (χ1v) is 8.54. The van der Waals surface area contributed by atoms with Gasteiger partial charge in [-0.1, -0.05) is 58.4 Å². The normalized spacial score (nSPS) is 19.1. The quantitative estimate of drug-likeness (QED) is 0.844. The van der Waals surface area contributed by atoms with E-state index < -0.39 is 0 Å². The maximum absolute atomic E-state index is 3.47. The molecule has 0 saturated carbocycles. The topological polar surface area (TPSA) is 15.3 Å². The first kappa shape index (κ1) is 16.5. The largest absolute Gasteiger partial charge is 0.310 e. The van der Waals surface area contributed by atoms with Gasteiger partial charge in [0.25, 0.3) is 0 Å². The third-order valence-corrected chi connectivity index (χ3v) is 5.06. The average molecular weight is 288 g/mol. The molecule has 21 heavy (non-hydrogen) atoms. The monoisotopic (exact) mass is 288 g/mol. The molecule has 1 saturated heterocycles. The van der Waals surface area contributed by atoms with Gasteiger partial charge in [0.15, 0.2) is 0 Å². The van der Waals surface area contributed by atoms with Crippen molar-refractivity contribution in [1.82, 2.24) is 10.2 Å². The summed E-state index contributed by atoms with van der Waals surface area (Å²) in [5, 5.41) is 3.47. The van der Waals surface area contributed by atoms with Crippen molar-refractivity contribution in [3.05, 3.63) is 35.4 Å². The van der Waals surface area contributed by atoms with E-state index in [-0.39, 0.29) is 0 Å². The number of nitrogens with one attached hydrogen (secondary N) is 1. The Hall–Kier alpha value is -0.860. The van der Waals surface area contributed by atoms with Gasteiger partial charge in [-0.2, -0.15) is 0 Å².